The number of nitrogen functional groups attached to an aromatic ring is 1. The van der Waals surface area contributed by atoms with Gasteiger partial charge in [-0.25, -0.2) is 4.98 Å². The van der Waals surface area contributed by atoms with Crippen LogP contribution in [-0.4, -0.2) is 58.2 Å². The lowest BCUT2D eigenvalue weighted by Crippen LogP contribution is -2.50. The van der Waals surface area contributed by atoms with Crippen molar-refractivity contribution in [3.05, 3.63) is 23.9 Å². The molecule has 0 saturated carbocycles. The predicted molar refractivity (Wildman–Crippen MR) is 76.7 cm³/mol. The molecule has 0 radical (unpaired) electrons. The van der Waals surface area contributed by atoms with Crippen LogP contribution in [0.1, 0.15) is 19.5 Å². The maximum absolute atomic E-state index is 9.82. The molecular weight excluding hydrogens is 240 g/mol. The summed E-state index contributed by atoms with van der Waals surface area (Å²) in [5, 5.41) is 9.82. The van der Waals surface area contributed by atoms with Gasteiger partial charge in [0, 0.05) is 39.3 Å². The Balaban J connectivity index is 1.80. The van der Waals surface area contributed by atoms with Gasteiger partial charge < -0.3 is 10.8 Å². The molecule has 1 saturated heterocycles. The van der Waals surface area contributed by atoms with E-state index in [4.69, 9.17) is 5.73 Å². The summed E-state index contributed by atoms with van der Waals surface area (Å²) in [5.74, 6) is 0.582. The van der Waals surface area contributed by atoms with Crippen LogP contribution in [0.25, 0.3) is 0 Å². The van der Waals surface area contributed by atoms with E-state index in [9.17, 15) is 5.11 Å². The van der Waals surface area contributed by atoms with Crippen molar-refractivity contribution < 1.29 is 5.11 Å². The SMILES string of the molecule is CC(C)(O)CN1CCN(Cc2cccc(N)n2)CC1. The van der Waals surface area contributed by atoms with E-state index in [-0.39, 0.29) is 0 Å². The summed E-state index contributed by atoms with van der Waals surface area (Å²) in [6, 6.07) is 5.77. The minimum atomic E-state index is -0.613. The zero-order valence-corrected chi connectivity index (χ0v) is 11.8. The molecule has 0 aliphatic carbocycles. The minimum Gasteiger partial charge on any atom is -0.389 e. The number of anilines is 1. The summed E-state index contributed by atoms with van der Waals surface area (Å²) >= 11 is 0. The standard InChI is InChI=1S/C14H24N4O/c1-14(2,19)11-18-8-6-17(7-9-18)10-12-4-3-5-13(15)16-12/h3-5,19H,6-11H2,1-2H3,(H2,15,16). The second kappa shape index (κ2) is 5.86. The average molecular weight is 264 g/mol. The van der Waals surface area contributed by atoms with E-state index in [1.807, 2.05) is 32.0 Å². The van der Waals surface area contributed by atoms with Gasteiger partial charge in [0.1, 0.15) is 5.82 Å². The number of hydrogen-bond acceptors (Lipinski definition) is 5. The summed E-state index contributed by atoms with van der Waals surface area (Å²) in [6.07, 6.45) is 0. The summed E-state index contributed by atoms with van der Waals surface area (Å²) in [7, 11) is 0. The Morgan fingerprint density at radius 3 is 2.42 bits per heavy atom. The second-order valence-corrected chi connectivity index (χ2v) is 5.92. The van der Waals surface area contributed by atoms with E-state index in [2.05, 4.69) is 14.8 Å². The monoisotopic (exact) mass is 264 g/mol. The number of pyridine rings is 1. The second-order valence-electron chi connectivity index (χ2n) is 5.92. The van der Waals surface area contributed by atoms with Crippen LogP contribution in [0.5, 0.6) is 0 Å². The first-order chi connectivity index (χ1) is 8.92. The van der Waals surface area contributed by atoms with Crippen molar-refractivity contribution in [3.8, 4) is 0 Å². The van der Waals surface area contributed by atoms with Crippen molar-refractivity contribution in [1.82, 2.24) is 14.8 Å². The number of hydrogen-bond donors (Lipinski definition) is 2. The molecule has 5 nitrogen and oxygen atoms in total. The smallest absolute Gasteiger partial charge is 0.123 e. The zero-order valence-electron chi connectivity index (χ0n) is 11.8. The first-order valence-corrected chi connectivity index (χ1v) is 6.81. The first kappa shape index (κ1) is 14.2. The highest BCUT2D eigenvalue weighted by atomic mass is 16.3. The van der Waals surface area contributed by atoms with Crippen LogP contribution in [0.4, 0.5) is 5.82 Å². The van der Waals surface area contributed by atoms with Gasteiger partial charge in [-0.05, 0) is 26.0 Å². The van der Waals surface area contributed by atoms with E-state index in [1.165, 1.54) is 0 Å². The molecular formula is C14H24N4O. The molecule has 0 atom stereocenters. The van der Waals surface area contributed by atoms with E-state index >= 15 is 0 Å². The highest BCUT2D eigenvalue weighted by Gasteiger charge is 2.22. The van der Waals surface area contributed by atoms with Gasteiger partial charge in [0.05, 0.1) is 11.3 Å². The Bertz CT molecular complexity index is 408. The number of piperazine rings is 1. The van der Waals surface area contributed by atoms with Crippen molar-refractivity contribution in [2.24, 2.45) is 0 Å². The lowest BCUT2D eigenvalue weighted by molar-refractivity contribution is 0.0165. The van der Waals surface area contributed by atoms with Crippen LogP contribution in [0.15, 0.2) is 18.2 Å². The molecule has 0 aromatic carbocycles. The molecule has 1 fully saturated rings. The molecule has 1 aliphatic rings. The fourth-order valence-corrected chi connectivity index (χ4v) is 2.47. The normalized spacial score (nSPS) is 18.7. The lowest BCUT2D eigenvalue weighted by atomic mass is 10.1. The molecule has 1 aliphatic heterocycles. The van der Waals surface area contributed by atoms with Gasteiger partial charge in [0.25, 0.3) is 0 Å². The first-order valence-electron chi connectivity index (χ1n) is 6.81. The van der Waals surface area contributed by atoms with Gasteiger partial charge in [-0.1, -0.05) is 6.07 Å². The van der Waals surface area contributed by atoms with Crippen molar-refractivity contribution in [2.75, 3.05) is 38.5 Å². The van der Waals surface area contributed by atoms with Crippen molar-refractivity contribution in [3.63, 3.8) is 0 Å². The van der Waals surface area contributed by atoms with Gasteiger partial charge in [0.2, 0.25) is 0 Å². The predicted octanol–water partition coefficient (Wildman–Crippen LogP) is 0.552. The molecule has 5 heteroatoms. The molecule has 3 N–H and O–H groups in total. The molecule has 2 rings (SSSR count). The molecule has 0 unspecified atom stereocenters. The molecule has 0 amide bonds. The number of nitrogens with two attached hydrogens (primary N) is 1. The fraction of sp³-hybridized carbons (Fsp3) is 0.643. The van der Waals surface area contributed by atoms with Crippen LogP contribution in [0, 0.1) is 0 Å². The van der Waals surface area contributed by atoms with Crippen LogP contribution in [0.2, 0.25) is 0 Å². The van der Waals surface area contributed by atoms with Gasteiger partial charge in [-0.3, -0.25) is 9.80 Å². The Labute approximate surface area is 115 Å². The van der Waals surface area contributed by atoms with Gasteiger partial charge in [0.15, 0.2) is 0 Å². The highest BCUT2D eigenvalue weighted by Crippen LogP contribution is 2.11. The van der Waals surface area contributed by atoms with Crippen LogP contribution in [-0.2, 0) is 6.54 Å². The molecule has 106 valence electrons. The third-order valence-electron chi connectivity index (χ3n) is 3.29. The fourth-order valence-electron chi connectivity index (χ4n) is 2.47. The molecule has 1 aromatic rings. The Hall–Kier alpha value is -1.17. The van der Waals surface area contributed by atoms with Crippen molar-refractivity contribution >= 4 is 5.82 Å². The lowest BCUT2D eigenvalue weighted by Gasteiger charge is -2.37. The summed E-state index contributed by atoms with van der Waals surface area (Å²) in [5.41, 5.74) is 6.10. The number of β-amino-alcohol motifs (C(OH)–C–C–N with tert-alkyl or cyclic N) is 1. The largest absolute Gasteiger partial charge is 0.389 e. The summed E-state index contributed by atoms with van der Waals surface area (Å²) in [4.78, 5) is 9.01. The van der Waals surface area contributed by atoms with Crippen molar-refractivity contribution in [1.29, 1.82) is 0 Å². The van der Waals surface area contributed by atoms with E-state index in [0.29, 0.717) is 5.82 Å². The van der Waals surface area contributed by atoms with Crippen molar-refractivity contribution in [2.45, 2.75) is 26.0 Å². The Morgan fingerprint density at radius 2 is 1.84 bits per heavy atom. The van der Waals surface area contributed by atoms with Crippen LogP contribution >= 0.6 is 0 Å². The maximum atomic E-state index is 9.82. The highest BCUT2D eigenvalue weighted by molar-refractivity contribution is 5.28. The van der Waals surface area contributed by atoms with E-state index in [0.717, 1.165) is 45.0 Å². The van der Waals surface area contributed by atoms with Crippen LogP contribution in [0.3, 0.4) is 0 Å². The average Bonchev–Trinajstić information content (AvgIpc) is 2.30. The summed E-state index contributed by atoms with van der Waals surface area (Å²) < 4.78 is 0. The van der Waals surface area contributed by atoms with Crippen LogP contribution < -0.4 is 5.73 Å². The Morgan fingerprint density at radius 1 is 1.21 bits per heavy atom. The van der Waals surface area contributed by atoms with E-state index in [1.54, 1.807) is 0 Å². The number of nitrogens with zero attached hydrogens (tertiary/aromatic N) is 3. The van der Waals surface area contributed by atoms with Gasteiger partial charge in [-0.2, -0.15) is 0 Å². The number of rotatable bonds is 4. The third-order valence-corrected chi connectivity index (χ3v) is 3.29. The minimum absolute atomic E-state index is 0.582. The number of aliphatic hydroxyl groups is 1. The molecule has 19 heavy (non-hydrogen) atoms. The zero-order chi connectivity index (χ0) is 13.9. The molecule has 1 aromatic heterocycles. The topological polar surface area (TPSA) is 65.6 Å². The molecule has 2 heterocycles. The quantitative estimate of drug-likeness (QED) is 0.831. The van der Waals surface area contributed by atoms with E-state index < -0.39 is 5.60 Å². The molecule has 0 spiro atoms. The third kappa shape index (κ3) is 4.78. The Kier molecular flexibility index (Phi) is 4.39. The molecule has 0 bridgehead atoms. The maximum Gasteiger partial charge on any atom is 0.123 e. The summed E-state index contributed by atoms with van der Waals surface area (Å²) in [6.45, 7) is 9.29. The van der Waals surface area contributed by atoms with Gasteiger partial charge in [-0.15, -0.1) is 0 Å². The van der Waals surface area contributed by atoms with Gasteiger partial charge >= 0.3 is 0 Å². The number of aromatic nitrogens is 1.